The number of amides is 1. The molecule has 1 aliphatic rings. The van der Waals surface area contributed by atoms with E-state index in [1.54, 1.807) is 6.92 Å². The fourth-order valence-corrected chi connectivity index (χ4v) is 2.92. The topological polar surface area (TPSA) is 35.6 Å². The summed E-state index contributed by atoms with van der Waals surface area (Å²) in [5.74, 6) is -0.324. The van der Waals surface area contributed by atoms with E-state index in [2.05, 4.69) is 17.1 Å². The lowest BCUT2D eigenvalue weighted by molar-refractivity contribution is -0.137. The first-order valence-electron chi connectivity index (χ1n) is 7.86. The van der Waals surface area contributed by atoms with Gasteiger partial charge in [-0.15, -0.1) is 0 Å². The average Bonchev–Trinajstić information content (AvgIpc) is 2.55. The fraction of sp³-hybridized carbons (Fsp3) is 0.562. The Bertz CT molecular complexity index is 586. The number of rotatable bonds is 4. The third kappa shape index (κ3) is 4.62. The second-order valence-electron chi connectivity index (χ2n) is 5.83. The number of carbonyl (C=O) groups excluding carboxylic acids is 1. The van der Waals surface area contributed by atoms with Crippen molar-refractivity contribution < 1.29 is 18.0 Å². The first-order chi connectivity index (χ1) is 11.2. The molecule has 2 rings (SSSR count). The number of nitrogens with zero attached hydrogens (tertiary/aromatic N) is 2. The number of anilines is 1. The summed E-state index contributed by atoms with van der Waals surface area (Å²) in [7, 11) is 0. The van der Waals surface area contributed by atoms with Gasteiger partial charge >= 0.3 is 6.18 Å². The summed E-state index contributed by atoms with van der Waals surface area (Å²) < 4.78 is 38.6. The lowest BCUT2D eigenvalue weighted by Gasteiger charge is -2.36. The summed E-state index contributed by atoms with van der Waals surface area (Å²) in [6.45, 7) is 8.11. The van der Waals surface area contributed by atoms with Gasteiger partial charge in [-0.05, 0) is 31.7 Å². The van der Waals surface area contributed by atoms with E-state index in [0.717, 1.165) is 44.9 Å². The Balaban J connectivity index is 2.02. The van der Waals surface area contributed by atoms with E-state index in [1.807, 2.05) is 4.90 Å². The molecule has 4 nitrogen and oxygen atoms in total. The number of halogens is 4. The highest BCUT2D eigenvalue weighted by atomic mass is 35.5. The molecule has 8 heteroatoms. The van der Waals surface area contributed by atoms with Gasteiger partial charge in [0.25, 0.3) is 0 Å². The molecule has 1 N–H and O–H groups in total. The van der Waals surface area contributed by atoms with Crippen LogP contribution in [0.4, 0.5) is 18.9 Å². The molecule has 1 aliphatic heterocycles. The van der Waals surface area contributed by atoms with E-state index in [9.17, 15) is 18.0 Å². The maximum absolute atomic E-state index is 12.9. The number of benzene rings is 1. The van der Waals surface area contributed by atoms with Crippen LogP contribution >= 0.6 is 11.6 Å². The number of carbonyl (C=O) groups is 1. The molecule has 1 fully saturated rings. The molecular formula is C16H21ClF3N3O. The van der Waals surface area contributed by atoms with Gasteiger partial charge in [-0.2, -0.15) is 13.2 Å². The standard InChI is InChI=1S/C16H21ClF3N3O/c1-3-22-6-8-23(9-7-22)11(2)15(24)21-12-4-5-14(17)13(10-12)16(18,19)20/h4-5,10-11H,3,6-9H2,1-2H3,(H,21,24). The third-order valence-corrected chi connectivity index (χ3v) is 4.65. The molecule has 0 aliphatic carbocycles. The largest absolute Gasteiger partial charge is 0.417 e. The predicted octanol–water partition coefficient (Wildman–Crippen LogP) is 3.32. The van der Waals surface area contributed by atoms with Gasteiger partial charge in [0.05, 0.1) is 16.6 Å². The minimum absolute atomic E-state index is 0.0933. The van der Waals surface area contributed by atoms with Crippen molar-refractivity contribution in [3.63, 3.8) is 0 Å². The molecular weight excluding hydrogens is 343 g/mol. The van der Waals surface area contributed by atoms with Gasteiger partial charge in [0.15, 0.2) is 0 Å². The number of piperazine rings is 1. The minimum Gasteiger partial charge on any atom is -0.325 e. The number of hydrogen-bond donors (Lipinski definition) is 1. The molecule has 0 spiro atoms. The lowest BCUT2D eigenvalue weighted by Crippen LogP contribution is -2.52. The first-order valence-corrected chi connectivity index (χ1v) is 8.24. The molecule has 0 aromatic heterocycles. The monoisotopic (exact) mass is 363 g/mol. The van der Waals surface area contributed by atoms with Gasteiger partial charge in [0, 0.05) is 31.9 Å². The Morgan fingerprint density at radius 3 is 2.46 bits per heavy atom. The van der Waals surface area contributed by atoms with Crippen LogP contribution in [0.3, 0.4) is 0 Å². The summed E-state index contributed by atoms with van der Waals surface area (Å²) in [5, 5.41) is 2.17. The zero-order valence-electron chi connectivity index (χ0n) is 13.7. The molecule has 134 valence electrons. The maximum Gasteiger partial charge on any atom is 0.417 e. The van der Waals surface area contributed by atoms with Crippen molar-refractivity contribution >= 4 is 23.2 Å². The quantitative estimate of drug-likeness (QED) is 0.891. The van der Waals surface area contributed by atoms with Gasteiger partial charge in [0.1, 0.15) is 0 Å². The molecule has 1 atom stereocenters. The fourth-order valence-electron chi connectivity index (χ4n) is 2.70. The molecule has 1 aromatic rings. The molecule has 0 radical (unpaired) electrons. The zero-order chi connectivity index (χ0) is 17.9. The van der Waals surface area contributed by atoms with Gasteiger partial charge < -0.3 is 10.2 Å². The number of hydrogen-bond acceptors (Lipinski definition) is 3. The third-order valence-electron chi connectivity index (χ3n) is 4.32. The summed E-state index contributed by atoms with van der Waals surface area (Å²) in [6.07, 6.45) is -4.56. The second kappa shape index (κ2) is 7.72. The van der Waals surface area contributed by atoms with Crippen molar-refractivity contribution in [2.45, 2.75) is 26.1 Å². The normalized spacial score (nSPS) is 18.4. The highest BCUT2D eigenvalue weighted by Gasteiger charge is 2.33. The highest BCUT2D eigenvalue weighted by Crippen LogP contribution is 2.36. The number of likely N-dealkylation sites (N-methyl/N-ethyl adjacent to an activating group) is 1. The first kappa shape index (κ1) is 19.0. The Labute approximate surface area is 144 Å². The van der Waals surface area contributed by atoms with Crippen LogP contribution in [0.1, 0.15) is 19.4 Å². The van der Waals surface area contributed by atoms with Gasteiger partial charge in [-0.3, -0.25) is 9.69 Å². The van der Waals surface area contributed by atoms with Gasteiger partial charge in [-0.25, -0.2) is 0 Å². The SMILES string of the molecule is CCN1CCN(C(C)C(=O)Nc2ccc(Cl)c(C(F)(F)F)c2)CC1. The Kier molecular flexibility index (Phi) is 6.11. The van der Waals surface area contributed by atoms with Crippen LogP contribution in [0.15, 0.2) is 18.2 Å². The van der Waals surface area contributed by atoms with Crippen LogP contribution in [-0.2, 0) is 11.0 Å². The van der Waals surface area contributed by atoms with Crippen LogP contribution in [0, 0.1) is 0 Å². The van der Waals surface area contributed by atoms with Crippen LogP contribution in [0.25, 0.3) is 0 Å². The predicted molar refractivity (Wildman–Crippen MR) is 88.2 cm³/mol. The molecule has 0 saturated carbocycles. The molecule has 1 saturated heterocycles. The second-order valence-corrected chi connectivity index (χ2v) is 6.24. The molecule has 0 bridgehead atoms. The van der Waals surface area contributed by atoms with Crippen LogP contribution in [-0.4, -0.2) is 54.5 Å². The molecule has 1 unspecified atom stereocenters. The van der Waals surface area contributed by atoms with E-state index >= 15 is 0 Å². The van der Waals surface area contributed by atoms with E-state index < -0.39 is 17.8 Å². The van der Waals surface area contributed by atoms with Gasteiger partial charge in [0.2, 0.25) is 5.91 Å². The van der Waals surface area contributed by atoms with Gasteiger partial charge in [-0.1, -0.05) is 18.5 Å². The van der Waals surface area contributed by atoms with Crippen molar-refractivity contribution in [3.05, 3.63) is 28.8 Å². The molecule has 24 heavy (non-hydrogen) atoms. The van der Waals surface area contributed by atoms with Crippen molar-refractivity contribution in [1.82, 2.24) is 9.80 Å². The van der Waals surface area contributed by atoms with E-state index in [0.29, 0.717) is 0 Å². The van der Waals surface area contributed by atoms with E-state index in [-0.39, 0.29) is 16.6 Å². The Morgan fingerprint density at radius 1 is 1.29 bits per heavy atom. The highest BCUT2D eigenvalue weighted by molar-refractivity contribution is 6.31. The van der Waals surface area contributed by atoms with Crippen molar-refractivity contribution in [2.75, 3.05) is 38.0 Å². The summed E-state index contributed by atoms with van der Waals surface area (Å²) in [4.78, 5) is 16.6. The van der Waals surface area contributed by atoms with Crippen molar-refractivity contribution in [2.24, 2.45) is 0 Å². The average molecular weight is 364 g/mol. The molecule has 1 amide bonds. The van der Waals surface area contributed by atoms with E-state index in [4.69, 9.17) is 11.6 Å². The Morgan fingerprint density at radius 2 is 1.92 bits per heavy atom. The maximum atomic E-state index is 12.9. The van der Waals surface area contributed by atoms with Crippen molar-refractivity contribution in [1.29, 1.82) is 0 Å². The summed E-state index contributed by atoms with van der Waals surface area (Å²) >= 11 is 5.58. The number of nitrogens with one attached hydrogen (secondary N) is 1. The number of alkyl halides is 3. The van der Waals surface area contributed by atoms with Crippen LogP contribution < -0.4 is 5.32 Å². The van der Waals surface area contributed by atoms with Crippen LogP contribution in [0.2, 0.25) is 5.02 Å². The smallest absolute Gasteiger partial charge is 0.325 e. The zero-order valence-corrected chi connectivity index (χ0v) is 14.4. The molecule has 1 heterocycles. The van der Waals surface area contributed by atoms with Crippen LogP contribution in [0.5, 0.6) is 0 Å². The minimum atomic E-state index is -4.56. The van der Waals surface area contributed by atoms with E-state index in [1.165, 1.54) is 6.07 Å². The Hall–Kier alpha value is -1.31. The summed E-state index contributed by atoms with van der Waals surface area (Å²) in [5.41, 5.74) is -0.859. The lowest BCUT2D eigenvalue weighted by atomic mass is 10.1. The summed E-state index contributed by atoms with van der Waals surface area (Å²) in [6, 6.07) is 2.97. The molecule has 1 aromatic carbocycles. The van der Waals surface area contributed by atoms with Crippen molar-refractivity contribution in [3.8, 4) is 0 Å².